The van der Waals surface area contributed by atoms with E-state index in [0.29, 0.717) is 36.1 Å². The highest BCUT2D eigenvalue weighted by Gasteiger charge is 2.17. The van der Waals surface area contributed by atoms with Crippen molar-refractivity contribution in [3.05, 3.63) is 22.2 Å². The number of methoxy groups -OCH3 is 1. The van der Waals surface area contributed by atoms with Crippen LogP contribution < -0.4 is 20.1 Å². The van der Waals surface area contributed by atoms with E-state index in [2.05, 4.69) is 26.6 Å². The summed E-state index contributed by atoms with van der Waals surface area (Å²) in [6.07, 6.45) is 2.33. The van der Waals surface area contributed by atoms with Gasteiger partial charge in [-0.25, -0.2) is 0 Å². The number of carbonyl (C=O) groups is 1. The lowest BCUT2D eigenvalue weighted by Gasteiger charge is -2.23. The Morgan fingerprint density at radius 1 is 1.50 bits per heavy atom. The Labute approximate surface area is 139 Å². The van der Waals surface area contributed by atoms with Gasteiger partial charge in [0.25, 0.3) is 5.91 Å². The molecule has 0 radical (unpaired) electrons. The number of carbonyl (C=O) groups excluding carboxylic acids is 1. The van der Waals surface area contributed by atoms with E-state index < -0.39 is 0 Å². The van der Waals surface area contributed by atoms with Crippen LogP contribution >= 0.6 is 15.9 Å². The number of nitrogens with one attached hydrogen (secondary N) is 2. The first-order valence-corrected chi connectivity index (χ1v) is 8.44. The van der Waals surface area contributed by atoms with Gasteiger partial charge < -0.3 is 20.1 Å². The quantitative estimate of drug-likeness (QED) is 0.807. The number of piperidine rings is 1. The first-order chi connectivity index (χ1) is 10.7. The highest BCUT2D eigenvalue weighted by atomic mass is 79.9. The van der Waals surface area contributed by atoms with E-state index in [-0.39, 0.29) is 5.91 Å². The molecule has 0 aliphatic carbocycles. The monoisotopic (exact) mass is 370 g/mol. The van der Waals surface area contributed by atoms with Gasteiger partial charge in [-0.15, -0.1) is 0 Å². The zero-order valence-electron chi connectivity index (χ0n) is 13.1. The molecule has 1 aromatic rings. The van der Waals surface area contributed by atoms with Gasteiger partial charge in [-0.1, -0.05) is 0 Å². The van der Waals surface area contributed by atoms with Gasteiger partial charge in [-0.3, -0.25) is 4.79 Å². The lowest BCUT2D eigenvalue weighted by atomic mass is 9.99. The molecular formula is C16H23BrN2O3. The standard InChI is InChI=1S/C16H23BrN2O3/c1-3-22-15-13(17)7-12(8-14(15)21-2)16(20)19-10-11-5-4-6-18-9-11/h7-8,11,18H,3-6,9-10H2,1-2H3,(H,19,20). The lowest BCUT2D eigenvalue weighted by Crippen LogP contribution is -2.38. The third-order valence-corrected chi connectivity index (χ3v) is 4.32. The molecule has 0 saturated carbocycles. The number of halogens is 1. The van der Waals surface area contributed by atoms with Gasteiger partial charge in [-0.05, 0) is 66.8 Å². The van der Waals surface area contributed by atoms with Gasteiger partial charge >= 0.3 is 0 Å². The molecule has 122 valence electrons. The maximum absolute atomic E-state index is 12.3. The predicted octanol–water partition coefficient (Wildman–Crippen LogP) is 2.59. The van der Waals surface area contributed by atoms with E-state index >= 15 is 0 Å². The first-order valence-electron chi connectivity index (χ1n) is 7.65. The molecule has 1 unspecified atom stereocenters. The zero-order chi connectivity index (χ0) is 15.9. The highest BCUT2D eigenvalue weighted by Crippen LogP contribution is 2.36. The Hall–Kier alpha value is -1.27. The number of amides is 1. The second-order valence-electron chi connectivity index (χ2n) is 5.34. The fraction of sp³-hybridized carbons (Fsp3) is 0.562. The topological polar surface area (TPSA) is 59.6 Å². The van der Waals surface area contributed by atoms with Crippen LogP contribution in [0.5, 0.6) is 11.5 Å². The Morgan fingerprint density at radius 2 is 2.32 bits per heavy atom. The SMILES string of the molecule is CCOc1c(Br)cc(C(=O)NCC2CCCNC2)cc1OC. The van der Waals surface area contributed by atoms with Crippen LogP contribution in [0.4, 0.5) is 0 Å². The van der Waals surface area contributed by atoms with Crippen LogP contribution in [0.1, 0.15) is 30.1 Å². The van der Waals surface area contributed by atoms with Gasteiger partial charge in [0.1, 0.15) is 0 Å². The highest BCUT2D eigenvalue weighted by molar-refractivity contribution is 9.10. The number of hydrogen-bond acceptors (Lipinski definition) is 4. The van der Waals surface area contributed by atoms with Crippen LogP contribution in [0, 0.1) is 5.92 Å². The second-order valence-corrected chi connectivity index (χ2v) is 6.20. The minimum Gasteiger partial charge on any atom is -0.493 e. The third-order valence-electron chi connectivity index (χ3n) is 3.73. The summed E-state index contributed by atoms with van der Waals surface area (Å²) in [7, 11) is 1.57. The van der Waals surface area contributed by atoms with Crippen LogP contribution in [0.2, 0.25) is 0 Å². The van der Waals surface area contributed by atoms with Crippen molar-refractivity contribution in [3.63, 3.8) is 0 Å². The minimum absolute atomic E-state index is 0.0902. The summed E-state index contributed by atoms with van der Waals surface area (Å²) in [4.78, 5) is 12.3. The van der Waals surface area contributed by atoms with Gasteiger partial charge in [0.05, 0.1) is 18.2 Å². The van der Waals surface area contributed by atoms with Crippen molar-refractivity contribution >= 4 is 21.8 Å². The van der Waals surface area contributed by atoms with Crippen LogP contribution in [0.3, 0.4) is 0 Å². The fourth-order valence-electron chi connectivity index (χ4n) is 2.57. The molecule has 1 atom stereocenters. The smallest absolute Gasteiger partial charge is 0.251 e. The number of ether oxygens (including phenoxy) is 2. The predicted molar refractivity (Wildman–Crippen MR) is 89.8 cm³/mol. The van der Waals surface area contributed by atoms with E-state index in [1.807, 2.05) is 6.92 Å². The van der Waals surface area contributed by atoms with E-state index in [1.54, 1.807) is 19.2 Å². The molecule has 2 N–H and O–H groups in total. The van der Waals surface area contributed by atoms with Gasteiger partial charge in [0.2, 0.25) is 0 Å². The summed E-state index contributed by atoms with van der Waals surface area (Å²) in [5, 5.41) is 6.35. The molecule has 1 aliphatic rings. The van der Waals surface area contributed by atoms with Crippen LogP contribution in [0.15, 0.2) is 16.6 Å². The summed E-state index contributed by atoms with van der Waals surface area (Å²) in [5.41, 5.74) is 0.566. The Bertz CT molecular complexity index is 516. The zero-order valence-corrected chi connectivity index (χ0v) is 14.7. The maximum atomic E-state index is 12.3. The number of hydrogen-bond donors (Lipinski definition) is 2. The maximum Gasteiger partial charge on any atom is 0.251 e. The summed E-state index contributed by atoms with van der Waals surface area (Å²) in [5.74, 6) is 1.59. The Morgan fingerprint density at radius 3 is 2.95 bits per heavy atom. The molecule has 5 nitrogen and oxygen atoms in total. The van der Waals surface area contributed by atoms with Gasteiger partial charge in [-0.2, -0.15) is 0 Å². The molecule has 1 aliphatic heterocycles. The first kappa shape index (κ1) is 17.1. The van der Waals surface area contributed by atoms with E-state index in [9.17, 15) is 4.79 Å². The molecule has 22 heavy (non-hydrogen) atoms. The molecule has 6 heteroatoms. The van der Waals surface area contributed by atoms with Crippen LogP contribution in [-0.2, 0) is 0 Å². The number of benzene rings is 1. The Balaban J connectivity index is 2.04. The molecule has 2 rings (SSSR count). The molecule has 0 bridgehead atoms. The van der Waals surface area contributed by atoms with Crippen molar-refractivity contribution < 1.29 is 14.3 Å². The van der Waals surface area contributed by atoms with E-state index in [1.165, 1.54) is 6.42 Å². The van der Waals surface area contributed by atoms with Gasteiger partial charge in [0, 0.05) is 12.1 Å². The average Bonchev–Trinajstić information content (AvgIpc) is 2.55. The summed E-state index contributed by atoms with van der Waals surface area (Å²) < 4.78 is 11.6. The summed E-state index contributed by atoms with van der Waals surface area (Å²) >= 11 is 3.44. The molecule has 1 fully saturated rings. The van der Waals surface area contributed by atoms with Crippen molar-refractivity contribution in [3.8, 4) is 11.5 Å². The summed E-state index contributed by atoms with van der Waals surface area (Å²) in [6, 6.07) is 3.48. The Kier molecular flexibility index (Phi) is 6.51. The average molecular weight is 371 g/mol. The van der Waals surface area contributed by atoms with Crippen molar-refractivity contribution in [1.29, 1.82) is 0 Å². The van der Waals surface area contributed by atoms with Crippen LogP contribution in [-0.4, -0.2) is 39.3 Å². The molecule has 1 amide bonds. The van der Waals surface area contributed by atoms with Crippen molar-refractivity contribution in [2.45, 2.75) is 19.8 Å². The molecule has 1 saturated heterocycles. The molecular weight excluding hydrogens is 348 g/mol. The third kappa shape index (κ3) is 4.36. The molecule has 1 heterocycles. The normalized spacial score (nSPS) is 17.9. The fourth-order valence-corrected chi connectivity index (χ4v) is 3.13. The largest absolute Gasteiger partial charge is 0.493 e. The van der Waals surface area contributed by atoms with Crippen LogP contribution in [0.25, 0.3) is 0 Å². The molecule has 1 aromatic carbocycles. The van der Waals surface area contributed by atoms with Crippen molar-refractivity contribution in [2.24, 2.45) is 5.92 Å². The molecule has 0 spiro atoms. The summed E-state index contributed by atoms with van der Waals surface area (Å²) in [6.45, 7) is 5.18. The van der Waals surface area contributed by atoms with Crippen molar-refractivity contribution in [1.82, 2.24) is 10.6 Å². The lowest BCUT2D eigenvalue weighted by molar-refractivity contribution is 0.0944. The second kappa shape index (κ2) is 8.39. The number of rotatable bonds is 6. The minimum atomic E-state index is -0.0902. The van der Waals surface area contributed by atoms with E-state index in [0.717, 1.165) is 24.0 Å². The van der Waals surface area contributed by atoms with E-state index in [4.69, 9.17) is 9.47 Å². The molecule has 0 aromatic heterocycles. The van der Waals surface area contributed by atoms with Gasteiger partial charge in [0.15, 0.2) is 11.5 Å². The van der Waals surface area contributed by atoms with Crippen molar-refractivity contribution in [2.75, 3.05) is 33.4 Å².